The van der Waals surface area contributed by atoms with Gasteiger partial charge in [0, 0.05) is 15.5 Å². The molecule has 1 aromatic rings. The van der Waals surface area contributed by atoms with E-state index in [0.717, 1.165) is 28.6 Å². The van der Waals surface area contributed by atoms with Gasteiger partial charge in [0.25, 0.3) is 0 Å². The average molecular weight is 327 g/mol. The minimum absolute atomic E-state index is 0.0965. The summed E-state index contributed by atoms with van der Waals surface area (Å²) in [5.74, 6) is 1.29. The van der Waals surface area contributed by atoms with Gasteiger partial charge in [0.2, 0.25) is 0 Å². The first-order valence-electron chi connectivity index (χ1n) is 6.70. The summed E-state index contributed by atoms with van der Waals surface area (Å²) in [6.07, 6.45) is 2.14. The zero-order valence-corrected chi connectivity index (χ0v) is 13.1. The summed E-state index contributed by atoms with van der Waals surface area (Å²) in [4.78, 5) is 4.52. The standard InChI is InChI=1S/C15H19BrO3/c1-9-6-13-11(7-12(9)16)14(3)5-4-10(2)15(14,19-13)8-18-17/h6-7,10,17H,4-5,8H2,1-3H3/t10-,14-,15-/m0/s1. The van der Waals surface area contributed by atoms with Crippen LogP contribution in [0.3, 0.4) is 0 Å². The molecule has 1 heterocycles. The third-order valence-corrected chi connectivity index (χ3v) is 6.09. The van der Waals surface area contributed by atoms with Crippen molar-refractivity contribution in [3.05, 3.63) is 27.7 Å². The van der Waals surface area contributed by atoms with Crippen LogP contribution >= 0.6 is 15.9 Å². The van der Waals surface area contributed by atoms with Crippen LogP contribution in [0.5, 0.6) is 5.75 Å². The van der Waals surface area contributed by atoms with E-state index < -0.39 is 5.60 Å². The van der Waals surface area contributed by atoms with Crippen LogP contribution in [0.1, 0.15) is 37.8 Å². The molecule has 1 fully saturated rings. The normalized spacial score (nSPS) is 35.9. The second kappa shape index (κ2) is 4.21. The Balaban J connectivity index is 2.17. The lowest BCUT2D eigenvalue weighted by Crippen LogP contribution is -2.52. The highest BCUT2D eigenvalue weighted by atomic mass is 79.9. The highest BCUT2D eigenvalue weighted by Gasteiger charge is 2.64. The molecule has 0 unspecified atom stereocenters. The number of rotatable bonds is 2. The molecule has 1 aliphatic carbocycles. The van der Waals surface area contributed by atoms with Crippen molar-refractivity contribution in [1.82, 2.24) is 0 Å². The summed E-state index contributed by atoms with van der Waals surface area (Å²) in [6, 6.07) is 4.25. The Morgan fingerprint density at radius 3 is 2.95 bits per heavy atom. The number of aryl methyl sites for hydroxylation is 1. The van der Waals surface area contributed by atoms with Gasteiger partial charge in [-0.1, -0.05) is 29.8 Å². The van der Waals surface area contributed by atoms with Gasteiger partial charge in [0.15, 0.2) is 0 Å². The van der Waals surface area contributed by atoms with Crippen LogP contribution in [0.2, 0.25) is 0 Å². The molecule has 1 saturated carbocycles. The third-order valence-electron chi connectivity index (χ3n) is 5.23. The van der Waals surface area contributed by atoms with Crippen LogP contribution in [-0.4, -0.2) is 17.5 Å². The van der Waals surface area contributed by atoms with Gasteiger partial charge in [0.1, 0.15) is 18.0 Å². The molecule has 0 saturated heterocycles. The number of benzene rings is 1. The molecule has 3 nitrogen and oxygen atoms in total. The first kappa shape index (κ1) is 13.4. The predicted octanol–water partition coefficient (Wildman–Crippen LogP) is 4.07. The van der Waals surface area contributed by atoms with E-state index in [1.807, 2.05) is 0 Å². The largest absolute Gasteiger partial charge is 0.483 e. The molecule has 3 rings (SSSR count). The summed E-state index contributed by atoms with van der Waals surface area (Å²) >= 11 is 3.61. The van der Waals surface area contributed by atoms with E-state index in [2.05, 4.69) is 53.7 Å². The molecule has 19 heavy (non-hydrogen) atoms. The van der Waals surface area contributed by atoms with Gasteiger partial charge in [-0.25, -0.2) is 4.89 Å². The molecule has 0 bridgehead atoms. The monoisotopic (exact) mass is 326 g/mol. The molecule has 3 atom stereocenters. The van der Waals surface area contributed by atoms with Gasteiger partial charge in [-0.15, -0.1) is 0 Å². The Morgan fingerprint density at radius 2 is 2.26 bits per heavy atom. The molecule has 1 N–H and O–H groups in total. The smallest absolute Gasteiger partial charge is 0.147 e. The van der Waals surface area contributed by atoms with Gasteiger partial charge < -0.3 is 4.74 Å². The second-order valence-electron chi connectivity index (χ2n) is 6.13. The van der Waals surface area contributed by atoms with E-state index in [9.17, 15) is 0 Å². The maximum atomic E-state index is 9.00. The molecule has 0 aromatic heterocycles. The van der Waals surface area contributed by atoms with Gasteiger partial charge in [-0.3, -0.25) is 5.26 Å². The molecule has 2 aliphatic rings. The maximum absolute atomic E-state index is 9.00. The minimum Gasteiger partial charge on any atom is -0.483 e. The first-order valence-corrected chi connectivity index (χ1v) is 7.50. The van der Waals surface area contributed by atoms with Gasteiger partial charge in [-0.2, -0.15) is 0 Å². The molecule has 4 heteroatoms. The molecule has 0 radical (unpaired) electrons. The highest BCUT2D eigenvalue weighted by Crippen LogP contribution is 2.60. The Labute approximate surface area is 122 Å². The zero-order chi connectivity index (χ0) is 13.8. The fraction of sp³-hybridized carbons (Fsp3) is 0.600. The zero-order valence-electron chi connectivity index (χ0n) is 11.5. The van der Waals surface area contributed by atoms with Crippen molar-refractivity contribution in [2.75, 3.05) is 6.61 Å². The van der Waals surface area contributed by atoms with Crippen molar-refractivity contribution in [2.45, 2.75) is 44.6 Å². The predicted molar refractivity (Wildman–Crippen MR) is 76.6 cm³/mol. The fourth-order valence-electron chi connectivity index (χ4n) is 3.86. The summed E-state index contributed by atoms with van der Waals surface area (Å²) in [6.45, 7) is 6.68. The minimum atomic E-state index is -0.447. The lowest BCUT2D eigenvalue weighted by atomic mass is 9.71. The number of ether oxygens (including phenoxy) is 1. The average Bonchev–Trinajstić information content (AvgIpc) is 2.73. The van der Waals surface area contributed by atoms with Crippen molar-refractivity contribution in [2.24, 2.45) is 5.92 Å². The Bertz CT molecular complexity index is 530. The number of hydrogen-bond acceptors (Lipinski definition) is 3. The third kappa shape index (κ3) is 1.57. The summed E-state index contributed by atoms with van der Waals surface area (Å²) in [5.41, 5.74) is 1.85. The van der Waals surface area contributed by atoms with Crippen LogP contribution in [0.15, 0.2) is 16.6 Å². The van der Waals surface area contributed by atoms with Crippen molar-refractivity contribution in [3.63, 3.8) is 0 Å². The lowest BCUT2D eigenvalue weighted by molar-refractivity contribution is -0.276. The summed E-state index contributed by atoms with van der Waals surface area (Å²) in [5, 5.41) is 9.00. The van der Waals surface area contributed by atoms with E-state index in [4.69, 9.17) is 9.99 Å². The van der Waals surface area contributed by atoms with Crippen LogP contribution in [-0.2, 0) is 10.3 Å². The molecular weight excluding hydrogens is 308 g/mol. The van der Waals surface area contributed by atoms with Crippen molar-refractivity contribution in [3.8, 4) is 5.75 Å². The van der Waals surface area contributed by atoms with E-state index in [1.165, 1.54) is 5.56 Å². The van der Waals surface area contributed by atoms with Crippen molar-refractivity contribution in [1.29, 1.82) is 0 Å². The lowest BCUT2D eigenvalue weighted by Gasteiger charge is -2.38. The van der Waals surface area contributed by atoms with Crippen LogP contribution < -0.4 is 4.74 Å². The van der Waals surface area contributed by atoms with E-state index in [0.29, 0.717) is 5.92 Å². The first-order chi connectivity index (χ1) is 8.94. The van der Waals surface area contributed by atoms with Gasteiger partial charge in [-0.05, 0) is 43.4 Å². The molecule has 0 spiro atoms. The highest BCUT2D eigenvalue weighted by molar-refractivity contribution is 9.10. The van der Waals surface area contributed by atoms with E-state index in [1.54, 1.807) is 0 Å². The molecule has 0 amide bonds. The van der Waals surface area contributed by atoms with Crippen LogP contribution in [0.4, 0.5) is 0 Å². The van der Waals surface area contributed by atoms with Gasteiger partial charge in [0.05, 0.1) is 0 Å². The number of halogens is 1. The maximum Gasteiger partial charge on any atom is 0.147 e. The summed E-state index contributed by atoms with van der Waals surface area (Å²) < 4.78 is 7.41. The van der Waals surface area contributed by atoms with E-state index in [-0.39, 0.29) is 12.0 Å². The Kier molecular flexibility index (Phi) is 2.97. The van der Waals surface area contributed by atoms with Crippen molar-refractivity contribution < 1.29 is 14.9 Å². The van der Waals surface area contributed by atoms with Gasteiger partial charge >= 0.3 is 0 Å². The Morgan fingerprint density at radius 1 is 1.53 bits per heavy atom. The SMILES string of the molecule is Cc1cc2c(cc1Br)[C@]1(C)CC[C@H](C)[C@]1(COO)O2. The number of fused-ring (bicyclic) bond motifs is 3. The number of hydrogen-bond donors (Lipinski definition) is 1. The quantitative estimate of drug-likeness (QED) is 0.657. The second-order valence-corrected chi connectivity index (χ2v) is 6.99. The fourth-order valence-corrected chi connectivity index (χ4v) is 4.21. The molecule has 1 aromatic carbocycles. The van der Waals surface area contributed by atoms with Crippen LogP contribution in [0, 0.1) is 12.8 Å². The summed E-state index contributed by atoms with van der Waals surface area (Å²) in [7, 11) is 0. The molecular formula is C15H19BrO3. The molecule has 104 valence electrons. The Hall–Kier alpha value is -0.580. The van der Waals surface area contributed by atoms with Crippen molar-refractivity contribution >= 4 is 15.9 Å². The van der Waals surface area contributed by atoms with Crippen LogP contribution in [0.25, 0.3) is 0 Å². The molecule has 1 aliphatic heterocycles. The van der Waals surface area contributed by atoms with E-state index >= 15 is 0 Å². The topological polar surface area (TPSA) is 38.7 Å².